The SMILES string of the molecule is C[C@H](OC(=O)c1c2ccccc2cc2ccccc12)C(=O)N1CCCC1. The molecule has 0 aromatic heterocycles. The average molecular weight is 347 g/mol. The summed E-state index contributed by atoms with van der Waals surface area (Å²) in [5.41, 5.74) is 0.528. The number of ether oxygens (including phenoxy) is 1. The van der Waals surface area contributed by atoms with Gasteiger partial charge < -0.3 is 9.64 Å². The third-order valence-electron chi connectivity index (χ3n) is 5.02. The van der Waals surface area contributed by atoms with Crippen molar-refractivity contribution in [1.82, 2.24) is 4.90 Å². The predicted molar refractivity (Wildman–Crippen MR) is 102 cm³/mol. The van der Waals surface area contributed by atoms with Crippen LogP contribution < -0.4 is 0 Å². The van der Waals surface area contributed by atoms with E-state index in [2.05, 4.69) is 6.07 Å². The lowest BCUT2D eigenvalue weighted by Crippen LogP contribution is -2.38. The van der Waals surface area contributed by atoms with Gasteiger partial charge in [0.25, 0.3) is 5.91 Å². The van der Waals surface area contributed by atoms with Crippen LogP contribution in [0.25, 0.3) is 21.5 Å². The quantitative estimate of drug-likeness (QED) is 0.528. The Morgan fingerprint density at radius 1 is 0.923 bits per heavy atom. The van der Waals surface area contributed by atoms with Crippen LogP contribution in [0.3, 0.4) is 0 Å². The molecule has 1 fully saturated rings. The molecule has 0 saturated carbocycles. The maximum absolute atomic E-state index is 13.0. The molecular formula is C22H21NO3. The summed E-state index contributed by atoms with van der Waals surface area (Å²) in [4.78, 5) is 27.3. The highest BCUT2D eigenvalue weighted by atomic mass is 16.5. The fraction of sp³-hybridized carbons (Fsp3) is 0.273. The van der Waals surface area contributed by atoms with Crippen LogP contribution >= 0.6 is 0 Å². The molecule has 4 nitrogen and oxygen atoms in total. The van der Waals surface area contributed by atoms with Crippen molar-refractivity contribution in [3.63, 3.8) is 0 Å². The largest absolute Gasteiger partial charge is 0.449 e. The minimum Gasteiger partial charge on any atom is -0.449 e. The van der Waals surface area contributed by atoms with Crippen molar-refractivity contribution in [3.8, 4) is 0 Å². The van der Waals surface area contributed by atoms with Crippen LogP contribution in [0.4, 0.5) is 0 Å². The zero-order valence-electron chi connectivity index (χ0n) is 14.8. The highest BCUT2D eigenvalue weighted by molar-refractivity contribution is 6.16. The van der Waals surface area contributed by atoms with E-state index in [0.29, 0.717) is 5.56 Å². The molecule has 0 aliphatic carbocycles. The van der Waals surface area contributed by atoms with E-state index < -0.39 is 12.1 Å². The van der Waals surface area contributed by atoms with Crippen LogP contribution in [-0.2, 0) is 9.53 Å². The lowest BCUT2D eigenvalue weighted by molar-refractivity contribution is -0.138. The molecule has 0 unspecified atom stereocenters. The summed E-state index contributed by atoms with van der Waals surface area (Å²) in [6, 6.07) is 17.6. The van der Waals surface area contributed by atoms with Crippen LogP contribution in [0.2, 0.25) is 0 Å². The van der Waals surface area contributed by atoms with Crippen molar-refractivity contribution in [2.24, 2.45) is 0 Å². The van der Waals surface area contributed by atoms with Gasteiger partial charge in [0.1, 0.15) is 0 Å². The minimum absolute atomic E-state index is 0.111. The van der Waals surface area contributed by atoms with Gasteiger partial charge in [-0.15, -0.1) is 0 Å². The summed E-state index contributed by atoms with van der Waals surface area (Å²) in [5.74, 6) is -0.557. The molecular weight excluding hydrogens is 326 g/mol. The van der Waals surface area contributed by atoms with E-state index in [9.17, 15) is 9.59 Å². The Kier molecular flexibility index (Phi) is 4.33. The topological polar surface area (TPSA) is 46.6 Å². The molecule has 4 heteroatoms. The third-order valence-corrected chi connectivity index (χ3v) is 5.02. The predicted octanol–water partition coefficient (Wildman–Crippen LogP) is 4.16. The molecule has 0 N–H and O–H groups in total. The zero-order chi connectivity index (χ0) is 18.1. The fourth-order valence-corrected chi connectivity index (χ4v) is 3.70. The molecule has 1 saturated heterocycles. The highest BCUT2D eigenvalue weighted by Gasteiger charge is 2.27. The smallest absolute Gasteiger partial charge is 0.340 e. The number of carbonyl (C=O) groups excluding carboxylic acids is 2. The van der Waals surface area contributed by atoms with E-state index >= 15 is 0 Å². The Labute approximate surface area is 152 Å². The van der Waals surface area contributed by atoms with Crippen LogP contribution in [0, 0.1) is 0 Å². The van der Waals surface area contributed by atoms with E-state index in [1.807, 2.05) is 48.5 Å². The fourth-order valence-electron chi connectivity index (χ4n) is 3.70. The van der Waals surface area contributed by atoms with Gasteiger partial charge in [-0.2, -0.15) is 0 Å². The van der Waals surface area contributed by atoms with Crippen LogP contribution in [0.15, 0.2) is 54.6 Å². The average Bonchev–Trinajstić information content (AvgIpc) is 3.19. The number of fused-ring (bicyclic) bond motifs is 2. The standard InChI is InChI=1S/C22H21NO3/c1-15(21(24)23-12-6-7-13-23)26-22(25)20-18-10-4-2-8-16(18)14-17-9-3-5-11-19(17)20/h2-5,8-11,14-15H,6-7,12-13H2,1H3/t15-/m0/s1. The zero-order valence-corrected chi connectivity index (χ0v) is 14.8. The number of benzene rings is 3. The second-order valence-corrected chi connectivity index (χ2v) is 6.77. The molecule has 3 aromatic carbocycles. The van der Waals surface area contributed by atoms with Gasteiger partial charge in [-0.05, 0) is 47.4 Å². The molecule has 1 heterocycles. The molecule has 1 atom stereocenters. The first kappa shape index (κ1) is 16.6. The van der Waals surface area contributed by atoms with Crippen LogP contribution in [-0.4, -0.2) is 36.0 Å². The molecule has 1 aliphatic rings. The van der Waals surface area contributed by atoms with Crippen molar-refractivity contribution >= 4 is 33.4 Å². The van der Waals surface area contributed by atoms with Gasteiger partial charge in [0.2, 0.25) is 0 Å². The van der Waals surface area contributed by atoms with Gasteiger partial charge in [0.15, 0.2) is 6.10 Å². The third kappa shape index (κ3) is 2.92. The summed E-state index contributed by atoms with van der Waals surface area (Å²) in [5, 5.41) is 3.65. The lowest BCUT2D eigenvalue weighted by Gasteiger charge is -2.21. The van der Waals surface area contributed by atoms with E-state index in [1.54, 1.807) is 11.8 Å². The number of hydrogen-bond donors (Lipinski definition) is 0. The molecule has 3 aromatic rings. The van der Waals surface area contributed by atoms with E-state index in [4.69, 9.17) is 4.74 Å². The summed E-state index contributed by atoms with van der Waals surface area (Å²) >= 11 is 0. The number of likely N-dealkylation sites (tertiary alicyclic amines) is 1. The highest BCUT2D eigenvalue weighted by Crippen LogP contribution is 2.29. The van der Waals surface area contributed by atoms with Gasteiger partial charge >= 0.3 is 5.97 Å². The number of rotatable bonds is 3. The first-order valence-electron chi connectivity index (χ1n) is 9.05. The first-order chi connectivity index (χ1) is 12.6. The van der Waals surface area contributed by atoms with Gasteiger partial charge in [-0.1, -0.05) is 48.5 Å². The van der Waals surface area contributed by atoms with E-state index in [0.717, 1.165) is 47.5 Å². The van der Waals surface area contributed by atoms with E-state index in [1.165, 1.54) is 0 Å². The van der Waals surface area contributed by atoms with Gasteiger partial charge in [0, 0.05) is 13.1 Å². The Morgan fingerprint density at radius 2 is 1.46 bits per heavy atom. The summed E-state index contributed by atoms with van der Waals surface area (Å²) in [7, 11) is 0. The second-order valence-electron chi connectivity index (χ2n) is 6.77. The van der Waals surface area contributed by atoms with Crippen molar-refractivity contribution in [3.05, 3.63) is 60.2 Å². The van der Waals surface area contributed by atoms with Crippen molar-refractivity contribution in [2.75, 3.05) is 13.1 Å². The number of hydrogen-bond acceptors (Lipinski definition) is 3. The summed E-state index contributed by atoms with van der Waals surface area (Å²) in [6.45, 7) is 3.15. The second kappa shape index (κ2) is 6.79. The molecule has 4 rings (SSSR count). The Hall–Kier alpha value is -2.88. The molecule has 0 bridgehead atoms. The normalized spacial score (nSPS) is 15.3. The Morgan fingerprint density at radius 3 is 2.04 bits per heavy atom. The van der Waals surface area contributed by atoms with Crippen molar-refractivity contribution in [1.29, 1.82) is 0 Å². The lowest BCUT2D eigenvalue weighted by atomic mass is 9.97. The molecule has 1 amide bonds. The van der Waals surface area contributed by atoms with Crippen LogP contribution in [0.5, 0.6) is 0 Å². The summed E-state index contributed by atoms with van der Waals surface area (Å²) in [6.07, 6.45) is 1.25. The first-order valence-corrected chi connectivity index (χ1v) is 9.05. The minimum atomic E-state index is -0.779. The van der Waals surface area contributed by atoms with Crippen molar-refractivity contribution in [2.45, 2.75) is 25.9 Å². The van der Waals surface area contributed by atoms with Gasteiger partial charge in [0.05, 0.1) is 5.56 Å². The van der Waals surface area contributed by atoms with E-state index in [-0.39, 0.29) is 5.91 Å². The Balaban J connectivity index is 1.72. The molecule has 0 radical (unpaired) electrons. The number of amides is 1. The monoisotopic (exact) mass is 347 g/mol. The molecule has 132 valence electrons. The van der Waals surface area contributed by atoms with Gasteiger partial charge in [-0.3, -0.25) is 4.79 Å². The number of nitrogens with zero attached hydrogens (tertiary/aromatic N) is 1. The molecule has 26 heavy (non-hydrogen) atoms. The molecule has 1 aliphatic heterocycles. The van der Waals surface area contributed by atoms with Gasteiger partial charge in [-0.25, -0.2) is 4.79 Å². The number of esters is 1. The Bertz CT molecular complexity index is 935. The van der Waals surface area contributed by atoms with Crippen molar-refractivity contribution < 1.29 is 14.3 Å². The maximum Gasteiger partial charge on any atom is 0.340 e. The van der Waals surface area contributed by atoms with Crippen LogP contribution in [0.1, 0.15) is 30.1 Å². The molecule has 0 spiro atoms. The number of carbonyl (C=O) groups is 2. The summed E-state index contributed by atoms with van der Waals surface area (Å²) < 4.78 is 5.60. The maximum atomic E-state index is 13.0.